The molecule has 0 heterocycles. The Labute approximate surface area is 256 Å². The molecule has 14 nitrogen and oxygen atoms in total. The first-order valence-electron chi connectivity index (χ1n) is 13.0. The fourth-order valence-corrected chi connectivity index (χ4v) is 4.02. The lowest BCUT2D eigenvalue weighted by Crippen LogP contribution is -2.55. The van der Waals surface area contributed by atoms with E-state index in [0.29, 0.717) is 15.6 Å². The lowest BCUT2D eigenvalue weighted by Gasteiger charge is -2.24. The number of carbonyl (C=O) groups is 4. The van der Waals surface area contributed by atoms with Gasteiger partial charge < -0.3 is 40.2 Å². The number of phenolic OH excluding ortho intramolecular Hbond substituents is 1. The Morgan fingerprint density at radius 1 is 1.02 bits per heavy atom. The summed E-state index contributed by atoms with van der Waals surface area (Å²) in [6, 6.07) is 6.45. The van der Waals surface area contributed by atoms with Gasteiger partial charge in [-0.3, -0.25) is 9.59 Å². The van der Waals surface area contributed by atoms with Crippen molar-refractivity contribution in [1.82, 2.24) is 16.1 Å². The highest BCUT2D eigenvalue weighted by molar-refractivity contribution is 9.10. The predicted octanol–water partition coefficient (Wildman–Crippen LogP) is 2.08. The number of amides is 3. The number of carboxylic acid groups (broad SMARTS) is 1. The Bertz CT molecular complexity index is 1310. The number of carbonyl (C=O) groups excluding carboxylic acids is 3. The molecular weight excluding hydrogens is 632 g/mol. The van der Waals surface area contributed by atoms with Gasteiger partial charge in [0.15, 0.2) is 18.1 Å². The molecule has 0 bridgehead atoms. The molecule has 43 heavy (non-hydrogen) atoms. The molecule has 6 N–H and O–H groups in total. The number of nitrogens with zero attached hydrogens (tertiary/aromatic N) is 1. The number of aliphatic hydroxyl groups excluding tert-OH is 1. The van der Waals surface area contributed by atoms with Gasteiger partial charge in [0.1, 0.15) is 23.4 Å². The van der Waals surface area contributed by atoms with Crippen molar-refractivity contribution in [3.63, 3.8) is 0 Å². The Morgan fingerprint density at radius 2 is 1.70 bits per heavy atom. The van der Waals surface area contributed by atoms with Crippen molar-refractivity contribution in [2.45, 2.75) is 51.8 Å². The maximum atomic E-state index is 13.1. The number of ether oxygens (including phenoxy) is 3. The summed E-state index contributed by atoms with van der Waals surface area (Å²) in [5.41, 5.74) is 2.55. The number of aromatic hydroxyl groups is 1. The van der Waals surface area contributed by atoms with Gasteiger partial charge in [0.25, 0.3) is 5.91 Å². The number of hydrogen-bond donors (Lipinski definition) is 6. The second kappa shape index (κ2) is 16.3. The molecule has 0 aliphatic rings. The van der Waals surface area contributed by atoms with Crippen LogP contribution in [0.15, 0.2) is 46.0 Å². The van der Waals surface area contributed by atoms with Crippen molar-refractivity contribution in [2.75, 3.05) is 19.8 Å². The van der Waals surface area contributed by atoms with Crippen molar-refractivity contribution in [3.8, 4) is 17.2 Å². The fourth-order valence-electron chi connectivity index (χ4n) is 3.44. The molecule has 15 heteroatoms. The zero-order valence-corrected chi connectivity index (χ0v) is 25.6. The van der Waals surface area contributed by atoms with E-state index in [9.17, 15) is 29.4 Å². The molecule has 2 aromatic carbocycles. The van der Waals surface area contributed by atoms with Crippen molar-refractivity contribution in [3.05, 3.63) is 52.0 Å². The highest BCUT2D eigenvalue weighted by atomic mass is 79.9. The topological polar surface area (TPSA) is 205 Å². The van der Waals surface area contributed by atoms with E-state index in [1.54, 1.807) is 45.9 Å². The molecule has 0 aliphatic carbocycles. The van der Waals surface area contributed by atoms with E-state index < -0.39 is 54.8 Å². The molecule has 2 rings (SSSR count). The number of phenols is 1. The zero-order chi connectivity index (χ0) is 32.2. The van der Waals surface area contributed by atoms with Crippen LogP contribution < -0.4 is 25.5 Å². The molecule has 0 radical (unpaired) electrons. The third kappa shape index (κ3) is 12.2. The first kappa shape index (κ1) is 34.8. The number of alkyl carbamates (subject to hydrolysis) is 1. The van der Waals surface area contributed by atoms with Crippen LogP contribution in [0.25, 0.3) is 0 Å². The standard InChI is InChI=1S/C28H35BrN4O10/c1-5-41-22-12-17(10-19(29)24(22)42-15-23(36)37)13-30-33-26(39)20(11-16-6-8-18(35)9-7-16)31-25(38)21(14-34)32-27(40)43-28(2,3)4/h6-10,12-13,20-21,34-35H,5,11,14-15H2,1-4H3,(H,31,38)(H,32,40)(H,33,39)(H,36,37)/b30-13-/t20-,21-/m0/s1. The van der Waals surface area contributed by atoms with Crippen LogP contribution in [-0.4, -0.2) is 82.9 Å². The number of aliphatic carboxylic acids is 1. The highest BCUT2D eigenvalue weighted by Crippen LogP contribution is 2.36. The lowest BCUT2D eigenvalue weighted by atomic mass is 10.0. The SMILES string of the molecule is CCOc1cc(/C=N\NC(=O)[C@H](Cc2ccc(O)cc2)NC(=O)[C@H](CO)NC(=O)OC(C)(C)C)cc(Br)c1OCC(=O)O. The molecule has 0 spiro atoms. The third-order valence-corrected chi connectivity index (χ3v) is 5.85. The summed E-state index contributed by atoms with van der Waals surface area (Å²) in [6.45, 7) is 5.57. The van der Waals surface area contributed by atoms with Gasteiger partial charge in [-0.05, 0) is 79.0 Å². The van der Waals surface area contributed by atoms with Crippen LogP contribution in [0.3, 0.4) is 0 Å². The maximum Gasteiger partial charge on any atom is 0.408 e. The molecular formula is C28H35BrN4O10. The first-order chi connectivity index (χ1) is 20.2. The summed E-state index contributed by atoms with van der Waals surface area (Å²) in [7, 11) is 0. The van der Waals surface area contributed by atoms with E-state index in [1.807, 2.05) is 0 Å². The average Bonchev–Trinajstić information content (AvgIpc) is 2.91. The number of nitrogens with one attached hydrogen (secondary N) is 3. The van der Waals surface area contributed by atoms with Gasteiger partial charge in [-0.2, -0.15) is 5.10 Å². The molecule has 2 atom stereocenters. The molecule has 0 saturated carbocycles. The predicted molar refractivity (Wildman–Crippen MR) is 158 cm³/mol. The highest BCUT2D eigenvalue weighted by Gasteiger charge is 2.28. The average molecular weight is 668 g/mol. The van der Waals surface area contributed by atoms with Crippen LogP contribution in [0.5, 0.6) is 17.2 Å². The largest absolute Gasteiger partial charge is 0.508 e. The summed E-state index contributed by atoms with van der Waals surface area (Å²) in [5, 5.41) is 37.0. The fraction of sp³-hybridized carbons (Fsp3) is 0.393. The van der Waals surface area contributed by atoms with Crippen LogP contribution in [0.2, 0.25) is 0 Å². The molecule has 2 aromatic rings. The molecule has 0 saturated heterocycles. The molecule has 0 unspecified atom stereocenters. The number of benzene rings is 2. The van der Waals surface area contributed by atoms with Gasteiger partial charge in [-0.25, -0.2) is 15.0 Å². The second-order valence-corrected chi connectivity index (χ2v) is 10.8. The van der Waals surface area contributed by atoms with Gasteiger partial charge in [0, 0.05) is 6.42 Å². The minimum atomic E-state index is -1.41. The van der Waals surface area contributed by atoms with Gasteiger partial charge in [0.05, 0.1) is 23.9 Å². The third-order valence-electron chi connectivity index (χ3n) is 5.26. The number of halogens is 1. The summed E-state index contributed by atoms with van der Waals surface area (Å²) in [5.74, 6) is -2.30. The minimum Gasteiger partial charge on any atom is -0.508 e. The van der Waals surface area contributed by atoms with E-state index in [2.05, 4.69) is 37.1 Å². The smallest absolute Gasteiger partial charge is 0.408 e. The summed E-state index contributed by atoms with van der Waals surface area (Å²) in [6.07, 6.45) is 0.350. The number of rotatable bonds is 14. The summed E-state index contributed by atoms with van der Waals surface area (Å²) < 4.78 is 16.4. The molecule has 0 fully saturated rings. The Morgan fingerprint density at radius 3 is 2.28 bits per heavy atom. The number of hydrazone groups is 1. The van der Waals surface area contributed by atoms with E-state index in [1.165, 1.54) is 24.4 Å². The minimum absolute atomic E-state index is 0.0113. The monoisotopic (exact) mass is 666 g/mol. The summed E-state index contributed by atoms with van der Waals surface area (Å²) >= 11 is 3.31. The quantitative estimate of drug-likeness (QED) is 0.128. The lowest BCUT2D eigenvalue weighted by molar-refractivity contribution is -0.139. The van der Waals surface area contributed by atoms with Gasteiger partial charge in [0.2, 0.25) is 5.91 Å². The van der Waals surface area contributed by atoms with Gasteiger partial charge >= 0.3 is 12.1 Å². The number of carboxylic acids is 1. The van der Waals surface area contributed by atoms with Gasteiger partial charge in [-0.15, -0.1) is 0 Å². The zero-order valence-electron chi connectivity index (χ0n) is 24.0. The Hall–Kier alpha value is -4.37. The van der Waals surface area contributed by atoms with E-state index >= 15 is 0 Å². The molecule has 0 aromatic heterocycles. The van der Waals surface area contributed by atoms with E-state index in [-0.39, 0.29) is 30.3 Å². The van der Waals surface area contributed by atoms with E-state index in [0.717, 1.165) is 0 Å². The van der Waals surface area contributed by atoms with Crippen LogP contribution >= 0.6 is 15.9 Å². The molecule has 234 valence electrons. The van der Waals surface area contributed by atoms with Crippen molar-refractivity contribution in [2.24, 2.45) is 5.10 Å². The summed E-state index contributed by atoms with van der Waals surface area (Å²) in [4.78, 5) is 49.1. The number of hydrogen-bond acceptors (Lipinski definition) is 10. The van der Waals surface area contributed by atoms with Crippen molar-refractivity contribution >= 4 is 46.0 Å². The first-order valence-corrected chi connectivity index (χ1v) is 13.8. The van der Waals surface area contributed by atoms with Crippen LogP contribution in [0.1, 0.15) is 38.8 Å². The normalized spacial score (nSPS) is 12.6. The molecule has 0 aliphatic heterocycles. The van der Waals surface area contributed by atoms with Crippen molar-refractivity contribution < 1.29 is 48.7 Å². The van der Waals surface area contributed by atoms with Crippen molar-refractivity contribution in [1.29, 1.82) is 0 Å². The molecule has 3 amide bonds. The van der Waals surface area contributed by atoms with Crippen LogP contribution in [-0.2, 0) is 25.5 Å². The number of aliphatic hydroxyl groups is 1. The second-order valence-electron chi connectivity index (χ2n) is 9.99. The Kier molecular flexibility index (Phi) is 13.2. The van der Waals surface area contributed by atoms with Crippen LogP contribution in [0.4, 0.5) is 4.79 Å². The van der Waals surface area contributed by atoms with Gasteiger partial charge in [-0.1, -0.05) is 12.1 Å². The van der Waals surface area contributed by atoms with E-state index in [4.69, 9.17) is 19.3 Å². The maximum absolute atomic E-state index is 13.1. The Balaban J connectivity index is 2.22. The van der Waals surface area contributed by atoms with Crippen LogP contribution in [0, 0.1) is 0 Å².